The maximum absolute atomic E-state index is 3.40. The fourth-order valence-electron chi connectivity index (χ4n) is 2.54. The van der Waals surface area contributed by atoms with Gasteiger partial charge in [-0.15, -0.1) is 0 Å². The fourth-order valence-corrected chi connectivity index (χ4v) is 3.72. The van der Waals surface area contributed by atoms with Crippen molar-refractivity contribution < 1.29 is 0 Å². The highest BCUT2D eigenvalue weighted by atomic mass is 32.2. The molecule has 2 rings (SSSR count). The molecule has 0 amide bonds. The Labute approximate surface area is 122 Å². The molecule has 1 aromatic carbocycles. The molecule has 0 aromatic heterocycles. The lowest BCUT2D eigenvalue weighted by Crippen LogP contribution is -2.37. The highest BCUT2D eigenvalue weighted by Crippen LogP contribution is 2.27. The van der Waals surface area contributed by atoms with Crippen molar-refractivity contribution in [2.45, 2.75) is 39.0 Å². The lowest BCUT2D eigenvalue weighted by Gasteiger charge is -2.34. The normalized spacial score (nSPS) is 19.7. The summed E-state index contributed by atoms with van der Waals surface area (Å²) in [7, 11) is 0. The molecular formula is C16H26N2S. The molecule has 1 N–H and O–H groups in total. The Morgan fingerprint density at radius 1 is 1.37 bits per heavy atom. The number of rotatable bonds is 5. The van der Waals surface area contributed by atoms with Crippen molar-refractivity contribution in [3.8, 4) is 0 Å². The Morgan fingerprint density at radius 3 is 2.89 bits per heavy atom. The zero-order valence-electron chi connectivity index (χ0n) is 12.4. The molecule has 1 unspecified atom stereocenters. The number of nitrogens with zero attached hydrogens (tertiary/aromatic N) is 1. The largest absolute Gasteiger partial charge is 0.370 e. The van der Waals surface area contributed by atoms with E-state index in [1.165, 1.54) is 42.1 Å². The maximum atomic E-state index is 3.40. The number of benzene rings is 1. The van der Waals surface area contributed by atoms with Crippen LogP contribution in [0.2, 0.25) is 0 Å². The molecule has 0 saturated carbocycles. The van der Waals surface area contributed by atoms with Crippen LogP contribution in [-0.2, 0) is 6.54 Å². The molecule has 1 aromatic rings. The van der Waals surface area contributed by atoms with Gasteiger partial charge in [0.25, 0.3) is 0 Å². The van der Waals surface area contributed by atoms with Crippen LogP contribution in [0.5, 0.6) is 0 Å². The minimum Gasteiger partial charge on any atom is -0.370 e. The van der Waals surface area contributed by atoms with Gasteiger partial charge in [-0.25, -0.2) is 0 Å². The zero-order chi connectivity index (χ0) is 13.7. The van der Waals surface area contributed by atoms with E-state index in [4.69, 9.17) is 0 Å². The predicted octanol–water partition coefficient (Wildman–Crippen LogP) is 3.44. The van der Waals surface area contributed by atoms with Crippen LogP contribution in [-0.4, -0.2) is 30.6 Å². The van der Waals surface area contributed by atoms with Crippen molar-refractivity contribution in [2.24, 2.45) is 0 Å². The van der Waals surface area contributed by atoms with Crippen LogP contribution in [0.3, 0.4) is 0 Å². The van der Waals surface area contributed by atoms with Gasteiger partial charge in [-0.05, 0) is 43.1 Å². The first-order valence-corrected chi connectivity index (χ1v) is 8.46. The van der Waals surface area contributed by atoms with Crippen molar-refractivity contribution in [1.82, 2.24) is 5.32 Å². The Bertz CT molecular complexity index is 406. The Balaban J connectivity index is 2.06. The molecule has 3 heteroatoms. The predicted molar refractivity (Wildman–Crippen MR) is 87.3 cm³/mol. The summed E-state index contributed by atoms with van der Waals surface area (Å²) in [5, 5.41) is 4.21. The molecule has 0 bridgehead atoms. The first-order valence-electron chi connectivity index (χ1n) is 7.41. The summed E-state index contributed by atoms with van der Waals surface area (Å²) in [6, 6.07) is 6.94. The second-order valence-corrected chi connectivity index (χ2v) is 6.65. The van der Waals surface area contributed by atoms with E-state index in [2.05, 4.69) is 60.9 Å². The van der Waals surface area contributed by atoms with E-state index in [-0.39, 0.29) is 0 Å². The molecular weight excluding hydrogens is 252 g/mol. The third-order valence-corrected chi connectivity index (χ3v) is 5.22. The van der Waals surface area contributed by atoms with Crippen LogP contribution in [0, 0.1) is 6.92 Å². The molecule has 1 heterocycles. The van der Waals surface area contributed by atoms with E-state index >= 15 is 0 Å². The lowest BCUT2D eigenvalue weighted by molar-refractivity contribution is 0.718. The van der Waals surface area contributed by atoms with Gasteiger partial charge in [0.05, 0.1) is 0 Å². The number of anilines is 1. The van der Waals surface area contributed by atoms with E-state index in [1.54, 1.807) is 0 Å². The number of nitrogens with one attached hydrogen (secondary N) is 1. The van der Waals surface area contributed by atoms with Crippen LogP contribution in [0.15, 0.2) is 18.2 Å². The molecule has 0 spiro atoms. The van der Waals surface area contributed by atoms with Crippen LogP contribution in [0.4, 0.5) is 5.69 Å². The van der Waals surface area contributed by atoms with E-state index in [0.29, 0.717) is 0 Å². The highest BCUT2D eigenvalue weighted by Gasteiger charge is 2.19. The van der Waals surface area contributed by atoms with Crippen LogP contribution >= 0.6 is 11.8 Å². The average Bonchev–Trinajstić information content (AvgIpc) is 2.46. The van der Waals surface area contributed by atoms with Crippen LogP contribution < -0.4 is 10.2 Å². The molecule has 1 fully saturated rings. The van der Waals surface area contributed by atoms with Gasteiger partial charge in [-0.1, -0.05) is 19.9 Å². The quantitative estimate of drug-likeness (QED) is 0.888. The van der Waals surface area contributed by atoms with Gasteiger partial charge in [0.15, 0.2) is 0 Å². The van der Waals surface area contributed by atoms with Crippen molar-refractivity contribution in [1.29, 1.82) is 0 Å². The molecule has 1 atom stereocenters. The number of thioether (sulfide) groups is 1. The van der Waals surface area contributed by atoms with Crippen molar-refractivity contribution in [2.75, 3.05) is 30.3 Å². The van der Waals surface area contributed by atoms with E-state index in [1.807, 2.05) is 0 Å². The Hall–Kier alpha value is -0.670. The topological polar surface area (TPSA) is 15.3 Å². The Kier molecular flexibility index (Phi) is 5.59. The number of aryl methyl sites for hydroxylation is 1. The zero-order valence-corrected chi connectivity index (χ0v) is 13.2. The lowest BCUT2D eigenvalue weighted by atomic mass is 10.1. The number of hydrogen-bond acceptors (Lipinski definition) is 3. The minimum atomic E-state index is 0.801. The Morgan fingerprint density at radius 2 is 2.21 bits per heavy atom. The van der Waals surface area contributed by atoms with E-state index in [9.17, 15) is 0 Å². The summed E-state index contributed by atoms with van der Waals surface area (Å²) in [5.41, 5.74) is 4.23. The molecule has 1 aliphatic heterocycles. The smallest absolute Gasteiger partial charge is 0.0369 e. The van der Waals surface area contributed by atoms with Gasteiger partial charge < -0.3 is 10.2 Å². The standard InChI is InChI=1S/C16H26N2S/c1-4-16-12-18(8-9-19-16)15-7-6-14(11-17-5-2)13(3)10-15/h6-7,10,16-17H,4-5,8-9,11-12H2,1-3H3. The second-order valence-electron chi connectivity index (χ2n) is 5.24. The molecule has 0 aliphatic carbocycles. The summed E-state index contributed by atoms with van der Waals surface area (Å²) in [5.74, 6) is 1.26. The van der Waals surface area contributed by atoms with Crippen molar-refractivity contribution in [3.63, 3.8) is 0 Å². The molecule has 106 valence electrons. The molecule has 19 heavy (non-hydrogen) atoms. The summed E-state index contributed by atoms with van der Waals surface area (Å²) in [6.07, 6.45) is 1.28. The molecule has 1 aliphatic rings. The van der Waals surface area contributed by atoms with E-state index < -0.39 is 0 Å². The third kappa shape index (κ3) is 3.90. The maximum Gasteiger partial charge on any atom is 0.0369 e. The minimum absolute atomic E-state index is 0.801. The third-order valence-electron chi connectivity index (χ3n) is 3.85. The second kappa shape index (κ2) is 7.20. The van der Waals surface area contributed by atoms with Gasteiger partial charge in [0.2, 0.25) is 0 Å². The molecule has 0 radical (unpaired) electrons. The summed E-state index contributed by atoms with van der Waals surface area (Å²) in [6.45, 7) is 11.1. The highest BCUT2D eigenvalue weighted by molar-refractivity contribution is 8.00. The van der Waals surface area contributed by atoms with Crippen LogP contribution in [0.25, 0.3) is 0 Å². The summed E-state index contributed by atoms with van der Waals surface area (Å²) >= 11 is 2.13. The first kappa shape index (κ1) is 14.7. The fraction of sp³-hybridized carbons (Fsp3) is 0.625. The summed E-state index contributed by atoms with van der Waals surface area (Å²) < 4.78 is 0. The first-order chi connectivity index (χ1) is 9.24. The summed E-state index contributed by atoms with van der Waals surface area (Å²) in [4.78, 5) is 2.55. The van der Waals surface area contributed by atoms with E-state index in [0.717, 1.165) is 18.3 Å². The molecule has 1 saturated heterocycles. The van der Waals surface area contributed by atoms with Gasteiger partial charge in [0, 0.05) is 36.3 Å². The van der Waals surface area contributed by atoms with Gasteiger partial charge >= 0.3 is 0 Å². The molecule has 2 nitrogen and oxygen atoms in total. The average molecular weight is 278 g/mol. The van der Waals surface area contributed by atoms with Gasteiger partial charge in [-0.3, -0.25) is 0 Å². The SMILES string of the molecule is CCNCc1ccc(N2CCSC(CC)C2)cc1C. The van der Waals surface area contributed by atoms with Gasteiger partial charge in [-0.2, -0.15) is 11.8 Å². The number of hydrogen-bond donors (Lipinski definition) is 1. The monoisotopic (exact) mass is 278 g/mol. The van der Waals surface area contributed by atoms with Gasteiger partial charge in [0.1, 0.15) is 0 Å². The van der Waals surface area contributed by atoms with Crippen molar-refractivity contribution >= 4 is 17.4 Å². The van der Waals surface area contributed by atoms with Crippen LogP contribution in [0.1, 0.15) is 31.4 Å². The van der Waals surface area contributed by atoms with Crippen molar-refractivity contribution in [3.05, 3.63) is 29.3 Å².